The van der Waals surface area contributed by atoms with Gasteiger partial charge in [-0.15, -0.1) is 5.06 Å². The average Bonchev–Trinajstić information content (AvgIpc) is 3.25. The number of hydrogen-bond acceptors (Lipinski definition) is 4. The zero-order valence-corrected chi connectivity index (χ0v) is 19.5. The highest BCUT2D eigenvalue weighted by Crippen LogP contribution is 2.36. The zero-order chi connectivity index (χ0) is 24.9. The Hall–Kier alpha value is -4.77. The number of imide groups is 1. The Kier molecular flexibility index (Phi) is 6.54. The lowest BCUT2D eigenvalue weighted by molar-refractivity contribution is -0.172. The second-order valence-corrected chi connectivity index (χ2v) is 8.39. The Bertz CT molecular complexity index is 1370. The summed E-state index contributed by atoms with van der Waals surface area (Å²) in [5.41, 5.74) is 6.40. The van der Waals surface area contributed by atoms with E-state index in [4.69, 9.17) is 4.84 Å². The lowest BCUT2D eigenvalue weighted by atomic mass is 9.85. The highest BCUT2D eigenvalue weighted by molar-refractivity contribution is 6.05. The van der Waals surface area contributed by atoms with Crippen LogP contribution in [0.5, 0.6) is 0 Å². The second kappa shape index (κ2) is 10.2. The Labute approximate surface area is 209 Å². The first-order valence-electron chi connectivity index (χ1n) is 11.7. The minimum absolute atomic E-state index is 0.0536. The molecule has 1 aliphatic rings. The van der Waals surface area contributed by atoms with Gasteiger partial charge in [-0.1, -0.05) is 103 Å². The van der Waals surface area contributed by atoms with Crippen molar-refractivity contribution in [1.29, 1.82) is 0 Å². The van der Waals surface area contributed by atoms with Crippen molar-refractivity contribution < 1.29 is 19.2 Å². The Morgan fingerprint density at radius 3 is 1.22 bits per heavy atom. The van der Waals surface area contributed by atoms with Crippen LogP contribution in [0.25, 0.3) is 11.1 Å². The fourth-order valence-electron chi connectivity index (χ4n) is 4.29. The molecule has 0 aromatic heterocycles. The Morgan fingerprint density at radius 1 is 0.500 bits per heavy atom. The van der Waals surface area contributed by atoms with Crippen molar-refractivity contribution in [2.24, 2.45) is 0 Å². The molecule has 1 aliphatic heterocycles. The van der Waals surface area contributed by atoms with E-state index in [-0.39, 0.29) is 18.4 Å². The molecule has 5 nitrogen and oxygen atoms in total. The number of amides is 2. The molecule has 0 bridgehead atoms. The normalized spacial score (nSPS) is 12.9. The molecular formula is C31H23NO4. The van der Waals surface area contributed by atoms with Gasteiger partial charge >= 0.3 is 5.97 Å². The summed E-state index contributed by atoms with van der Waals surface area (Å²) in [6.07, 6.45) is 0.107. The number of benzene rings is 4. The van der Waals surface area contributed by atoms with Crippen LogP contribution < -0.4 is 0 Å². The van der Waals surface area contributed by atoms with Crippen LogP contribution in [0.1, 0.15) is 45.5 Å². The zero-order valence-electron chi connectivity index (χ0n) is 19.5. The van der Waals surface area contributed by atoms with Gasteiger partial charge in [-0.05, 0) is 45.5 Å². The standard InChI is InChI=1S/C31H23NO4/c33-27-20-21-28(34)32(27)36-31(35)26-18-16-25(17-19-26)30(24-14-8-3-9-15-24)29(22-10-4-1-5-11-22)23-12-6-2-7-13-23/h1-19H,20-21H2. The molecular weight excluding hydrogens is 450 g/mol. The van der Waals surface area contributed by atoms with Gasteiger partial charge in [0.05, 0.1) is 5.56 Å². The summed E-state index contributed by atoms with van der Waals surface area (Å²) in [7, 11) is 0. The van der Waals surface area contributed by atoms with Gasteiger partial charge in [-0.3, -0.25) is 9.59 Å². The van der Waals surface area contributed by atoms with E-state index in [0.717, 1.165) is 33.4 Å². The summed E-state index contributed by atoms with van der Waals surface area (Å²) in [4.78, 5) is 41.4. The van der Waals surface area contributed by atoms with Gasteiger partial charge in [0.1, 0.15) is 0 Å². The topological polar surface area (TPSA) is 63.7 Å². The number of rotatable bonds is 6. The minimum atomic E-state index is -0.748. The van der Waals surface area contributed by atoms with E-state index < -0.39 is 17.8 Å². The minimum Gasteiger partial charge on any atom is -0.325 e. The Morgan fingerprint density at radius 2 is 0.833 bits per heavy atom. The molecule has 4 aromatic carbocycles. The first kappa shape index (κ1) is 23.0. The van der Waals surface area contributed by atoms with Gasteiger partial charge in [-0.25, -0.2) is 4.79 Å². The molecule has 36 heavy (non-hydrogen) atoms. The van der Waals surface area contributed by atoms with Gasteiger partial charge < -0.3 is 4.84 Å². The number of nitrogens with zero attached hydrogens (tertiary/aromatic N) is 1. The molecule has 0 unspecified atom stereocenters. The SMILES string of the molecule is O=C(ON1C(=O)CCC1=O)c1ccc(C(=C(c2ccccc2)c2ccccc2)c2ccccc2)cc1. The lowest BCUT2D eigenvalue weighted by Gasteiger charge is -2.18. The van der Waals surface area contributed by atoms with Crippen molar-refractivity contribution in [2.45, 2.75) is 12.8 Å². The van der Waals surface area contributed by atoms with Crippen molar-refractivity contribution in [2.75, 3.05) is 0 Å². The van der Waals surface area contributed by atoms with E-state index in [1.165, 1.54) is 0 Å². The molecule has 2 amide bonds. The van der Waals surface area contributed by atoms with Crippen molar-refractivity contribution in [3.8, 4) is 0 Å². The lowest BCUT2D eigenvalue weighted by Crippen LogP contribution is -2.32. The quantitative estimate of drug-likeness (QED) is 0.258. The van der Waals surface area contributed by atoms with E-state index in [2.05, 4.69) is 36.4 Å². The summed E-state index contributed by atoms with van der Waals surface area (Å²) in [5.74, 6) is -1.76. The highest BCUT2D eigenvalue weighted by atomic mass is 16.7. The number of hydroxylamine groups is 2. The van der Waals surface area contributed by atoms with Crippen LogP contribution in [-0.4, -0.2) is 22.8 Å². The van der Waals surface area contributed by atoms with Crippen molar-refractivity contribution in [1.82, 2.24) is 5.06 Å². The number of carbonyl (C=O) groups excluding carboxylic acids is 3. The monoisotopic (exact) mass is 473 g/mol. The van der Waals surface area contributed by atoms with Crippen LogP contribution in [0.3, 0.4) is 0 Å². The predicted octanol–water partition coefficient (Wildman–Crippen LogP) is 5.91. The average molecular weight is 474 g/mol. The van der Waals surface area contributed by atoms with E-state index in [1.54, 1.807) is 12.1 Å². The maximum absolute atomic E-state index is 12.6. The maximum Gasteiger partial charge on any atom is 0.363 e. The molecule has 0 N–H and O–H groups in total. The molecule has 0 spiro atoms. The van der Waals surface area contributed by atoms with E-state index >= 15 is 0 Å². The molecule has 5 rings (SSSR count). The summed E-state index contributed by atoms with van der Waals surface area (Å²) in [5, 5.41) is 0.564. The van der Waals surface area contributed by atoms with Gasteiger partial charge in [0.15, 0.2) is 0 Å². The smallest absolute Gasteiger partial charge is 0.325 e. The first-order valence-corrected chi connectivity index (χ1v) is 11.7. The predicted molar refractivity (Wildman–Crippen MR) is 137 cm³/mol. The van der Waals surface area contributed by atoms with Crippen LogP contribution in [0.15, 0.2) is 115 Å². The first-order chi connectivity index (χ1) is 17.6. The highest BCUT2D eigenvalue weighted by Gasteiger charge is 2.33. The number of hydrogen-bond donors (Lipinski definition) is 0. The molecule has 1 saturated heterocycles. The van der Waals surface area contributed by atoms with E-state index in [9.17, 15) is 14.4 Å². The largest absolute Gasteiger partial charge is 0.363 e. The third-order valence-electron chi connectivity index (χ3n) is 6.03. The molecule has 1 heterocycles. The van der Waals surface area contributed by atoms with Crippen LogP contribution >= 0.6 is 0 Å². The van der Waals surface area contributed by atoms with Crippen LogP contribution in [0, 0.1) is 0 Å². The summed E-state index contributed by atoms with van der Waals surface area (Å²) >= 11 is 0. The summed E-state index contributed by atoms with van der Waals surface area (Å²) < 4.78 is 0. The third kappa shape index (κ3) is 4.72. The molecule has 0 atom stereocenters. The molecule has 0 radical (unpaired) electrons. The van der Waals surface area contributed by atoms with Gasteiger partial charge in [0.25, 0.3) is 11.8 Å². The van der Waals surface area contributed by atoms with E-state index in [0.29, 0.717) is 5.06 Å². The third-order valence-corrected chi connectivity index (χ3v) is 6.03. The van der Waals surface area contributed by atoms with Crippen LogP contribution in [0.2, 0.25) is 0 Å². The number of carbonyl (C=O) groups is 3. The van der Waals surface area contributed by atoms with Crippen molar-refractivity contribution in [3.05, 3.63) is 143 Å². The van der Waals surface area contributed by atoms with E-state index in [1.807, 2.05) is 66.7 Å². The molecule has 1 fully saturated rings. The maximum atomic E-state index is 12.6. The molecule has 0 aliphatic carbocycles. The van der Waals surface area contributed by atoms with Gasteiger partial charge in [0, 0.05) is 12.8 Å². The summed E-state index contributed by atoms with van der Waals surface area (Å²) in [6, 6.07) is 37.5. The van der Waals surface area contributed by atoms with Gasteiger partial charge in [0.2, 0.25) is 0 Å². The molecule has 176 valence electrons. The van der Waals surface area contributed by atoms with Crippen molar-refractivity contribution >= 4 is 28.9 Å². The molecule has 0 saturated carbocycles. The van der Waals surface area contributed by atoms with Crippen LogP contribution in [-0.2, 0) is 14.4 Å². The molecule has 4 aromatic rings. The second-order valence-electron chi connectivity index (χ2n) is 8.39. The van der Waals surface area contributed by atoms with Crippen LogP contribution in [0.4, 0.5) is 0 Å². The fraction of sp³-hybridized carbons (Fsp3) is 0.0645. The Balaban J connectivity index is 1.61. The summed E-state index contributed by atoms with van der Waals surface area (Å²) in [6.45, 7) is 0. The van der Waals surface area contributed by atoms with Crippen molar-refractivity contribution in [3.63, 3.8) is 0 Å². The molecule has 5 heteroatoms. The van der Waals surface area contributed by atoms with Gasteiger partial charge in [-0.2, -0.15) is 0 Å². The fourth-order valence-corrected chi connectivity index (χ4v) is 4.29.